The zero-order chi connectivity index (χ0) is 9.26. The number of thiazole rings is 1. The Morgan fingerprint density at radius 1 is 1.62 bits per heavy atom. The summed E-state index contributed by atoms with van der Waals surface area (Å²) >= 11 is 1.58. The summed E-state index contributed by atoms with van der Waals surface area (Å²) in [6.45, 7) is 2.06. The quantitative estimate of drug-likeness (QED) is 0.764. The smallest absolute Gasteiger partial charge is 0.149 e. The second-order valence-corrected chi connectivity index (χ2v) is 3.57. The molecule has 0 aromatic carbocycles. The fourth-order valence-electron chi connectivity index (χ4n) is 1.28. The van der Waals surface area contributed by atoms with Crippen LogP contribution in [0, 0.1) is 0 Å². The van der Waals surface area contributed by atoms with Crippen LogP contribution in [0.15, 0.2) is 11.7 Å². The average molecular weight is 194 g/mol. The minimum atomic E-state index is 0.589. The molecular formula is C8H10N4S. The molecule has 0 saturated heterocycles. The molecule has 2 aromatic heterocycles. The molecule has 0 atom stereocenters. The highest BCUT2D eigenvalue weighted by molar-refractivity contribution is 7.13. The molecule has 0 amide bonds. The first-order valence-electron chi connectivity index (χ1n) is 4.04. The summed E-state index contributed by atoms with van der Waals surface area (Å²) in [6, 6.07) is 0. The molecule has 0 radical (unpaired) electrons. The number of aromatic amines is 1. The molecule has 4 nitrogen and oxygen atoms in total. The van der Waals surface area contributed by atoms with E-state index in [0.717, 1.165) is 22.6 Å². The maximum atomic E-state index is 5.70. The van der Waals surface area contributed by atoms with E-state index >= 15 is 0 Å². The number of aromatic nitrogens is 3. The van der Waals surface area contributed by atoms with Crippen LogP contribution in [0.25, 0.3) is 10.6 Å². The maximum absolute atomic E-state index is 5.70. The predicted molar refractivity (Wildman–Crippen MR) is 53.5 cm³/mol. The molecule has 0 fully saturated rings. The minimum Gasteiger partial charge on any atom is -0.382 e. The Bertz CT molecular complexity index is 390. The van der Waals surface area contributed by atoms with Gasteiger partial charge in [-0.2, -0.15) is 5.10 Å². The van der Waals surface area contributed by atoms with E-state index in [1.165, 1.54) is 0 Å². The lowest BCUT2D eigenvalue weighted by Crippen LogP contribution is -1.90. The molecule has 0 aliphatic rings. The number of rotatable bonds is 2. The largest absolute Gasteiger partial charge is 0.382 e. The molecule has 2 aromatic rings. The highest BCUT2D eigenvalue weighted by atomic mass is 32.1. The zero-order valence-corrected chi connectivity index (χ0v) is 8.06. The molecule has 0 bridgehead atoms. The van der Waals surface area contributed by atoms with Crippen molar-refractivity contribution in [1.29, 1.82) is 0 Å². The number of anilines is 1. The Morgan fingerprint density at radius 2 is 2.46 bits per heavy atom. The lowest BCUT2D eigenvalue weighted by molar-refractivity contribution is 1.10. The van der Waals surface area contributed by atoms with Crippen molar-refractivity contribution in [1.82, 2.24) is 15.2 Å². The summed E-state index contributed by atoms with van der Waals surface area (Å²) < 4.78 is 0. The second-order valence-electron chi connectivity index (χ2n) is 2.68. The van der Waals surface area contributed by atoms with Crippen molar-refractivity contribution in [3.63, 3.8) is 0 Å². The van der Waals surface area contributed by atoms with Crippen LogP contribution >= 0.6 is 11.3 Å². The molecule has 5 heteroatoms. The van der Waals surface area contributed by atoms with Crippen LogP contribution in [0.1, 0.15) is 12.5 Å². The second kappa shape index (κ2) is 3.18. The summed E-state index contributed by atoms with van der Waals surface area (Å²) in [4.78, 5) is 5.10. The Kier molecular flexibility index (Phi) is 2.02. The Labute approximate surface area is 79.8 Å². The van der Waals surface area contributed by atoms with Gasteiger partial charge in [-0.05, 0) is 6.42 Å². The summed E-state index contributed by atoms with van der Waals surface area (Å²) in [5, 5.41) is 6.90. The third-order valence-electron chi connectivity index (χ3n) is 1.93. The van der Waals surface area contributed by atoms with Gasteiger partial charge in [0, 0.05) is 11.8 Å². The van der Waals surface area contributed by atoms with Gasteiger partial charge in [0.2, 0.25) is 0 Å². The molecule has 2 heterocycles. The van der Waals surface area contributed by atoms with Crippen molar-refractivity contribution in [3.8, 4) is 10.6 Å². The molecule has 0 spiro atoms. The molecule has 0 aliphatic carbocycles. The third-order valence-corrected chi connectivity index (χ3v) is 2.72. The average Bonchev–Trinajstić information content (AvgIpc) is 2.71. The van der Waals surface area contributed by atoms with Crippen molar-refractivity contribution in [3.05, 3.63) is 17.3 Å². The summed E-state index contributed by atoms with van der Waals surface area (Å²) in [7, 11) is 0. The Balaban J connectivity index is 2.52. The van der Waals surface area contributed by atoms with E-state index in [9.17, 15) is 0 Å². The van der Waals surface area contributed by atoms with Crippen molar-refractivity contribution >= 4 is 17.2 Å². The first-order chi connectivity index (χ1) is 6.33. The van der Waals surface area contributed by atoms with Crippen molar-refractivity contribution in [2.24, 2.45) is 0 Å². The molecule has 2 rings (SSSR count). The lowest BCUT2D eigenvalue weighted by Gasteiger charge is -1.95. The molecule has 13 heavy (non-hydrogen) atoms. The molecule has 0 unspecified atom stereocenters. The van der Waals surface area contributed by atoms with Crippen LogP contribution in [-0.2, 0) is 6.42 Å². The molecule has 3 N–H and O–H groups in total. The van der Waals surface area contributed by atoms with E-state index in [0.29, 0.717) is 5.82 Å². The normalized spacial score (nSPS) is 10.5. The number of nitrogens with one attached hydrogen (secondary N) is 1. The SMILES string of the molecule is CCc1c(N)n[nH]c1-c1cncs1. The van der Waals surface area contributed by atoms with Gasteiger partial charge in [-0.25, -0.2) is 0 Å². The zero-order valence-electron chi connectivity index (χ0n) is 7.24. The van der Waals surface area contributed by atoms with E-state index in [4.69, 9.17) is 5.73 Å². The summed E-state index contributed by atoms with van der Waals surface area (Å²) in [5.74, 6) is 0.589. The van der Waals surface area contributed by atoms with Crippen LogP contribution in [0.5, 0.6) is 0 Å². The topological polar surface area (TPSA) is 67.6 Å². The van der Waals surface area contributed by atoms with Crippen LogP contribution in [-0.4, -0.2) is 15.2 Å². The highest BCUT2D eigenvalue weighted by Gasteiger charge is 2.11. The minimum absolute atomic E-state index is 0.589. The van der Waals surface area contributed by atoms with Gasteiger partial charge in [0.1, 0.15) is 5.82 Å². The monoisotopic (exact) mass is 194 g/mol. The Hall–Kier alpha value is -1.36. The fraction of sp³-hybridized carbons (Fsp3) is 0.250. The lowest BCUT2D eigenvalue weighted by atomic mass is 10.1. The summed E-state index contributed by atoms with van der Waals surface area (Å²) in [6.07, 6.45) is 2.70. The number of nitrogens with zero attached hydrogens (tertiary/aromatic N) is 2. The maximum Gasteiger partial charge on any atom is 0.149 e. The van der Waals surface area contributed by atoms with Gasteiger partial charge in [-0.15, -0.1) is 11.3 Å². The van der Waals surface area contributed by atoms with E-state index in [-0.39, 0.29) is 0 Å². The van der Waals surface area contributed by atoms with Crippen LogP contribution in [0.2, 0.25) is 0 Å². The van der Waals surface area contributed by atoms with Gasteiger partial charge in [0.25, 0.3) is 0 Å². The first kappa shape index (κ1) is 8.25. The summed E-state index contributed by atoms with van der Waals surface area (Å²) in [5.41, 5.74) is 9.57. The number of H-pyrrole nitrogens is 1. The first-order valence-corrected chi connectivity index (χ1v) is 4.92. The van der Waals surface area contributed by atoms with Crippen molar-refractivity contribution < 1.29 is 0 Å². The highest BCUT2D eigenvalue weighted by Crippen LogP contribution is 2.27. The predicted octanol–water partition coefficient (Wildman–Crippen LogP) is 1.68. The van der Waals surface area contributed by atoms with E-state index in [1.54, 1.807) is 16.8 Å². The fourth-order valence-corrected chi connectivity index (χ4v) is 1.92. The van der Waals surface area contributed by atoms with Crippen LogP contribution in [0.3, 0.4) is 0 Å². The van der Waals surface area contributed by atoms with Gasteiger partial charge >= 0.3 is 0 Å². The third kappa shape index (κ3) is 1.31. The van der Waals surface area contributed by atoms with E-state index in [1.807, 2.05) is 6.20 Å². The van der Waals surface area contributed by atoms with E-state index in [2.05, 4.69) is 22.1 Å². The van der Waals surface area contributed by atoms with Crippen LogP contribution in [0.4, 0.5) is 5.82 Å². The van der Waals surface area contributed by atoms with Crippen molar-refractivity contribution in [2.45, 2.75) is 13.3 Å². The molecule has 68 valence electrons. The van der Waals surface area contributed by atoms with Crippen LogP contribution < -0.4 is 5.73 Å². The Morgan fingerprint density at radius 3 is 3.08 bits per heavy atom. The van der Waals surface area contributed by atoms with Gasteiger partial charge in [0.15, 0.2) is 0 Å². The van der Waals surface area contributed by atoms with E-state index < -0.39 is 0 Å². The van der Waals surface area contributed by atoms with Gasteiger partial charge < -0.3 is 5.73 Å². The van der Waals surface area contributed by atoms with Gasteiger partial charge in [-0.1, -0.05) is 6.92 Å². The number of nitrogens with two attached hydrogens (primary N) is 1. The standard InChI is InChI=1S/C8H10N4S/c1-2-5-7(11-12-8(5)9)6-3-10-4-13-6/h3-4H,2H2,1H3,(H3,9,11,12). The van der Waals surface area contributed by atoms with Gasteiger partial charge in [-0.3, -0.25) is 10.1 Å². The number of hydrogen-bond acceptors (Lipinski definition) is 4. The van der Waals surface area contributed by atoms with Gasteiger partial charge in [0.05, 0.1) is 16.1 Å². The molecular weight excluding hydrogens is 184 g/mol. The molecule has 0 aliphatic heterocycles. The van der Waals surface area contributed by atoms with Crippen molar-refractivity contribution in [2.75, 3.05) is 5.73 Å². The molecule has 0 saturated carbocycles. The number of hydrogen-bond donors (Lipinski definition) is 2. The number of nitrogen functional groups attached to an aromatic ring is 1.